The smallest absolute Gasteiger partial charge is 0.385 e. The van der Waals surface area contributed by atoms with E-state index < -0.39 is 59.3 Å². The van der Waals surface area contributed by atoms with E-state index in [9.17, 15) is 38.4 Å². The summed E-state index contributed by atoms with van der Waals surface area (Å²) >= 11 is 0. The Balaban J connectivity index is 2.96. The lowest BCUT2D eigenvalue weighted by Gasteiger charge is -2.34. The van der Waals surface area contributed by atoms with Gasteiger partial charge in [-0.05, 0) is 6.92 Å². The standard InChI is InChI=1S/C10H19N2O15P3/c1-10(16,12-4-3-7(13)11-9(12)15)8(14)6(24-2)5-25-29(20,21)27-30(22,23)26-28(17,18)19/h3-4,6,8,14,16H,5H2,1-2H3,(H,20,21)(H,22,23)(H,11,13,15)(H2,17,18,19)/t6-,8-,10-/m1/s1. The molecule has 0 saturated carbocycles. The Morgan fingerprint density at radius 2 is 1.70 bits per heavy atom. The number of phosphoric acid groups is 3. The number of nitrogens with one attached hydrogen (secondary N) is 1. The normalized spacial score (nSPS) is 20.5. The van der Waals surface area contributed by atoms with Crippen LogP contribution in [0.25, 0.3) is 0 Å². The zero-order valence-corrected chi connectivity index (χ0v) is 17.8. The molecule has 1 heterocycles. The van der Waals surface area contributed by atoms with Crippen LogP contribution in [0.1, 0.15) is 6.92 Å². The first-order chi connectivity index (χ1) is 13.4. The first kappa shape index (κ1) is 27.0. The van der Waals surface area contributed by atoms with Crippen molar-refractivity contribution in [3.8, 4) is 0 Å². The number of H-pyrrole nitrogens is 1. The van der Waals surface area contributed by atoms with Gasteiger partial charge in [0, 0.05) is 19.4 Å². The van der Waals surface area contributed by atoms with Gasteiger partial charge in [-0.1, -0.05) is 0 Å². The summed E-state index contributed by atoms with van der Waals surface area (Å²) in [6, 6.07) is 0.858. The Kier molecular flexibility index (Phi) is 8.67. The number of rotatable bonds is 11. The lowest BCUT2D eigenvalue weighted by molar-refractivity contribution is -0.177. The maximum atomic E-state index is 11.8. The second kappa shape index (κ2) is 9.63. The predicted octanol–water partition coefficient (Wildman–Crippen LogP) is -2.08. The summed E-state index contributed by atoms with van der Waals surface area (Å²) in [6.07, 6.45) is -2.89. The van der Waals surface area contributed by atoms with Crippen LogP contribution in [0.15, 0.2) is 21.9 Å². The minimum atomic E-state index is -5.75. The first-order valence-electron chi connectivity index (χ1n) is 7.44. The van der Waals surface area contributed by atoms with Gasteiger partial charge in [-0.15, -0.1) is 0 Å². The van der Waals surface area contributed by atoms with Gasteiger partial charge in [0.05, 0.1) is 6.61 Å². The van der Waals surface area contributed by atoms with Crippen molar-refractivity contribution in [2.75, 3.05) is 13.7 Å². The second-order valence-electron chi connectivity index (χ2n) is 5.68. The van der Waals surface area contributed by atoms with Crippen molar-refractivity contribution in [1.82, 2.24) is 9.55 Å². The number of aliphatic hydroxyl groups excluding tert-OH is 1. The van der Waals surface area contributed by atoms with Crippen LogP contribution >= 0.6 is 23.5 Å². The maximum Gasteiger partial charge on any atom is 0.490 e. The summed E-state index contributed by atoms with van der Waals surface area (Å²) < 4.78 is 50.2. The lowest BCUT2D eigenvalue weighted by atomic mass is 10.0. The van der Waals surface area contributed by atoms with Crippen molar-refractivity contribution in [3.63, 3.8) is 0 Å². The summed E-state index contributed by atoms with van der Waals surface area (Å²) in [5.41, 5.74) is -4.37. The molecule has 0 aliphatic heterocycles. The van der Waals surface area contributed by atoms with Gasteiger partial charge in [0.2, 0.25) is 0 Å². The van der Waals surface area contributed by atoms with E-state index >= 15 is 0 Å². The number of nitrogens with zero attached hydrogens (tertiary/aromatic N) is 1. The number of aromatic nitrogens is 2. The maximum absolute atomic E-state index is 11.8. The van der Waals surface area contributed by atoms with Crippen molar-refractivity contribution in [2.24, 2.45) is 0 Å². The molecule has 1 aromatic rings. The van der Waals surface area contributed by atoms with Crippen molar-refractivity contribution in [3.05, 3.63) is 33.1 Å². The molecule has 0 bridgehead atoms. The van der Waals surface area contributed by atoms with Gasteiger partial charge >= 0.3 is 29.2 Å². The van der Waals surface area contributed by atoms with Gasteiger partial charge in [-0.25, -0.2) is 18.5 Å². The highest BCUT2D eigenvalue weighted by atomic mass is 31.3. The third-order valence-electron chi connectivity index (χ3n) is 3.34. The van der Waals surface area contributed by atoms with E-state index in [0.29, 0.717) is 4.57 Å². The molecule has 0 aliphatic carbocycles. The number of hydrogen-bond acceptors (Lipinski definition) is 11. The van der Waals surface area contributed by atoms with E-state index in [0.717, 1.165) is 26.3 Å². The van der Waals surface area contributed by atoms with Gasteiger partial charge in [0.1, 0.15) is 12.2 Å². The monoisotopic (exact) mass is 500 g/mol. The van der Waals surface area contributed by atoms with Crippen LogP contribution in [0.2, 0.25) is 0 Å². The minimum absolute atomic E-state index is 0.510. The molecule has 0 aliphatic rings. The average Bonchev–Trinajstić information content (AvgIpc) is 2.51. The summed E-state index contributed by atoms with van der Waals surface area (Å²) in [6.45, 7) is -0.177. The SMILES string of the molecule is CO[C@H](COP(=O)(O)OP(=O)(O)OP(=O)(O)O)[C@@H](O)[C@@](C)(O)n1ccc(=O)[nH]c1=O. The zero-order chi connectivity index (χ0) is 23.5. The van der Waals surface area contributed by atoms with Crippen LogP contribution in [-0.2, 0) is 37.3 Å². The Morgan fingerprint density at radius 3 is 2.17 bits per heavy atom. The van der Waals surface area contributed by atoms with Gasteiger partial charge in [0.15, 0.2) is 5.72 Å². The van der Waals surface area contributed by atoms with Crippen molar-refractivity contribution in [1.29, 1.82) is 0 Å². The molecule has 2 unspecified atom stereocenters. The number of aliphatic hydroxyl groups is 2. The summed E-state index contributed by atoms with van der Waals surface area (Å²) in [7, 11) is -15.9. The van der Waals surface area contributed by atoms with Crippen molar-refractivity contribution in [2.45, 2.75) is 24.9 Å². The van der Waals surface area contributed by atoms with Crippen LogP contribution in [0.5, 0.6) is 0 Å². The highest BCUT2D eigenvalue weighted by molar-refractivity contribution is 7.66. The predicted molar refractivity (Wildman–Crippen MR) is 93.8 cm³/mol. The number of methoxy groups -OCH3 is 1. The highest BCUT2D eigenvalue weighted by Crippen LogP contribution is 2.66. The Hall–Kier alpha value is -1.03. The van der Waals surface area contributed by atoms with E-state index in [1.54, 1.807) is 0 Å². The van der Waals surface area contributed by atoms with Crippen LogP contribution in [0.4, 0.5) is 0 Å². The largest absolute Gasteiger partial charge is 0.490 e. The molecule has 0 spiro atoms. The number of hydrogen-bond donors (Lipinski definition) is 7. The number of phosphoric ester groups is 1. The number of ether oxygens (including phenoxy) is 1. The Labute approximate surface area is 166 Å². The fourth-order valence-electron chi connectivity index (χ4n) is 2.03. The molecular formula is C10H19N2O15P3. The topological polar surface area (TPSA) is 264 Å². The Bertz CT molecular complexity index is 995. The molecule has 1 aromatic heterocycles. The van der Waals surface area contributed by atoms with Gasteiger partial charge in [0.25, 0.3) is 5.56 Å². The van der Waals surface area contributed by atoms with E-state index in [1.165, 1.54) is 0 Å². The van der Waals surface area contributed by atoms with Crippen LogP contribution in [-0.4, -0.2) is 65.3 Å². The third kappa shape index (κ3) is 7.90. The molecular weight excluding hydrogens is 481 g/mol. The van der Waals surface area contributed by atoms with E-state index in [4.69, 9.17) is 19.4 Å². The molecule has 0 radical (unpaired) electrons. The van der Waals surface area contributed by atoms with Gasteiger partial charge in [-0.3, -0.25) is 18.9 Å². The van der Waals surface area contributed by atoms with Crippen LogP contribution in [0, 0.1) is 0 Å². The molecule has 174 valence electrons. The lowest BCUT2D eigenvalue weighted by Crippen LogP contribution is -2.54. The summed E-state index contributed by atoms with van der Waals surface area (Å²) in [4.78, 5) is 60.1. The van der Waals surface area contributed by atoms with Gasteiger partial charge < -0.3 is 34.5 Å². The Morgan fingerprint density at radius 1 is 1.13 bits per heavy atom. The van der Waals surface area contributed by atoms with Crippen LogP contribution < -0.4 is 11.2 Å². The van der Waals surface area contributed by atoms with Crippen molar-refractivity contribution < 1.29 is 61.4 Å². The summed E-state index contributed by atoms with van der Waals surface area (Å²) in [5, 5.41) is 20.8. The molecule has 7 N–H and O–H groups in total. The first-order valence-corrected chi connectivity index (χ1v) is 12.0. The third-order valence-corrected chi connectivity index (χ3v) is 7.15. The molecule has 20 heteroatoms. The minimum Gasteiger partial charge on any atom is -0.385 e. The molecule has 5 atom stereocenters. The van der Waals surface area contributed by atoms with Crippen LogP contribution in [0.3, 0.4) is 0 Å². The molecule has 17 nitrogen and oxygen atoms in total. The molecule has 0 saturated heterocycles. The fourth-order valence-corrected chi connectivity index (χ4v) is 5.06. The molecule has 30 heavy (non-hydrogen) atoms. The second-order valence-corrected chi connectivity index (χ2v) is 10.1. The molecule has 1 rings (SSSR count). The van der Waals surface area contributed by atoms with Gasteiger partial charge in [-0.2, -0.15) is 8.62 Å². The highest BCUT2D eigenvalue weighted by Gasteiger charge is 2.43. The van der Waals surface area contributed by atoms with E-state index in [2.05, 4.69) is 13.1 Å². The quantitative estimate of drug-likeness (QED) is 0.161. The average molecular weight is 500 g/mol. The number of aromatic amines is 1. The molecule has 0 fully saturated rings. The zero-order valence-electron chi connectivity index (χ0n) is 15.2. The summed E-state index contributed by atoms with van der Waals surface area (Å²) in [5.74, 6) is 0. The molecule has 0 amide bonds. The molecule has 0 aromatic carbocycles. The van der Waals surface area contributed by atoms with Crippen molar-refractivity contribution >= 4 is 23.5 Å². The van der Waals surface area contributed by atoms with E-state index in [1.807, 2.05) is 4.98 Å². The van der Waals surface area contributed by atoms with E-state index in [-0.39, 0.29) is 0 Å². The fraction of sp³-hybridized carbons (Fsp3) is 0.600.